The second-order valence-corrected chi connectivity index (χ2v) is 6.21. The summed E-state index contributed by atoms with van der Waals surface area (Å²) in [4.78, 5) is 4.85. The summed E-state index contributed by atoms with van der Waals surface area (Å²) in [5, 5.41) is 9.61. The summed E-state index contributed by atoms with van der Waals surface area (Å²) >= 11 is 0. The van der Waals surface area contributed by atoms with E-state index >= 15 is 0 Å². The summed E-state index contributed by atoms with van der Waals surface area (Å²) in [6.07, 6.45) is 0.848. The van der Waals surface area contributed by atoms with Gasteiger partial charge in [-0.05, 0) is 25.5 Å². The number of hydrogen-bond donors (Lipinski definition) is 1. The smallest absolute Gasteiger partial charge is 0.161 e. The standard InChI is InChI=1S/C18H30N2O3/c1-4-16-14-19(9-10-20(16)13-15(2)21)11-12-23-18-8-6-5-7-17(18)22-3/h5-8,15-16,21H,4,9-14H2,1-3H3/t15-,16-/m1/s1. The van der Waals surface area contributed by atoms with Crippen LogP contribution in [0.25, 0.3) is 0 Å². The first-order chi connectivity index (χ1) is 11.1. The van der Waals surface area contributed by atoms with Crippen LogP contribution in [-0.4, -0.2) is 73.5 Å². The minimum atomic E-state index is -0.260. The quantitative estimate of drug-likeness (QED) is 0.791. The zero-order valence-electron chi connectivity index (χ0n) is 14.6. The van der Waals surface area contributed by atoms with Crippen LogP contribution in [-0.2, 0) is 0 Å². The Balaban J connectivity index is 1.78. The van der Waals surface area contributed by atoms with Gasteiger partial charge in [0.25, 0.3) is 0 Å². The summed E-state index contributed by atoms with van der Waals surface area (Å²) in [6.45, 7) is 9.50. The molecule has 1 saturated heterocycles. The minimum Gasteiger partial charge on any atom is -0.493 e. The van der Waals surface area contributed by atoms with E-state index in [2.05, 4.69) is 16.7 Å². The van der Waals surface area contributed by atoms with Crippen LogP contribution in [0.1, 0.15) is 20.3 Å². The van der Waals surface area contributed by atoms with Gasteiger partial charge in [0.2, 0.25) is 0 Å². The van der Waals surface area contributed by atoms with E-state index < -0.39 is 0 Å². The molecule has 5 heteroatoms. The van der Waals surface area contributed by atoms with Gasteiger partial charge in [0.05, 0.1) is 13.2 Å². The number of hydrogen-bond acceptors (Lipinski definition) is 5. The van der Waals surface area contributed by atoms with Gasteiger partial charge in [0.15, 0.2) is 11.5 Å². The van der Waals surface area contributed by atoms with Gasteiger partial charge in [-0.25, -0.2) is 0 Å². The molecule has 0 amide bonds. The van der Waals surface area contributed by atoms with E-state index in [0.29, 0.717) is 12.6 Å². The molecule has 1 aliphatic heterocycles. The Morgan fingerprint density at radius 2 is 2.00 bits per heavy atom. The van der Waals surface area contributed by atoms with Crippen LogP contribution < -0.4 is 9.47 Å². The Morgan fingerprint density at radius 3 is 2.65 bits per heavy atom. The number of benzene rings is 1. The number of aliphatic hydroxyl groups is 1. The Morgan fingerprint density at radius 1 is 1.26 bits per heavy atom. The minimum absolute atomic E-state index is 0.260. The zero-order chi connectivity index (χ0) is 16.7. The van der Waals surface area contributed by atoms with Crippen LogP contribution >= 0.6 is 0 Å². The average molecular weight is 322 g/mol. The van der Waals surface area contributed by atoms with E-state index in [1.54, 1.807) is 7.11 Å². The molecular formula is C18H30N2O3. The third-order valence-electron chi connectivity index (χ3n) is 4.39. The topological polar surface area (TPSA) is 45.2 Å². The second kappa shape index (κ2) is 9.11. The molecule has 1 fully saturated rings. The van der Waals surface area contributed by atoms with Crippen LogP contribution in [0.15, 0.2) is 24.3 Å². The first-order valence-corrected chi connectivity index (χ1v) is 8.54. The molecular weight excluding hydrogens is 292 g/mol. The molecule has 2 atom stereocenters. The second-order valence-electron chi connectivity index (χ2n) is 6.21. The fourth-order valence-corrected chi connectivity index (χ4v) is 3.15. The molecule has 0 spiro atoms. The predicted octanol–water partition coefficient (Wildman–Crippen LogP) is 1.85. The highest BCUT2D eigenvalue weighted by molar-refractivity contribution is 5.39. The summed E-state index contributed by atoms with van der Waals surface area (Å²) in [6, 6.07) is 8.27. The largest absolute Gasteiger partial charge is 0.493 e. The Kier molecular flexibility index (Phi) is 7.15. The van der Waals surface area contributed by atoms with Gasteiger partial charge in [-0.15, -0.1) is 0 Å². The lowest BCUT2D eigenvalue weighted by atomic mass is 10.1. The van der Waals surface area contributed by atoms with Crippen molar-refractivity contribution in [2.24, 2.45) is 0 Å². The molecule has 1 aromatic carbocycles. The van der Waals surface area contributed by atoms with Crippen LogP contribution in [0.4, 0.5) is 0 Å². The number of para-hydroxylation sites is 2. The molecule has 5 nitrogen and oxygen atoms in total. The van der Waals surface area contributed by atoms with E-state index in [9.17, 15) is 5.11 Å². The molecule has 1 aliphatic rings. The third-order valence-corrected chi connectivity index (χ3v) is 4.39. The molecule has 0 bridgehead atoms. The highest BCUT2D eigenvalue weighted by atomic mass is 16.5. The molecule has 0 aliphatic carbocycles. The number of piperazine rings is 1. The van der Waals surface area contributed by atoms with Crippen molar-refractivity contribution in [3.05, 3.63) is 24.3 Å². The van der Waals surface area contributed by atoms with Crippen molar-refractivity contribution in [3.63, 3.8) is 0 Å². The van der Waals surface area contributed by atoms with Crippen molar-refractivity contribution < 1.29 is 14.6 Å². The van der Waals surface area contributed by atoms with Gasteiger partial charge < -0.3 is 14.6 Å². The van der Waals surface area contributed by atoms with E-state index in [-0.39, 0.29) is 6.10 Å². The maximum absolute atomic E-state index is 9.61. The Hall–Kier alpha value is -1.30. The van der Waals surface area contributed by atoms with Gasteiger partial charge in [-0.3, -0.25) is 9.80 Å². The van der Waals surface area contributed by atoms with Gasteiger partial charge in [0.1, 0.15) is 6.61 Å². The van der Waals surface area contributed by atoms with Crippen LogP contribution in [0.2, 0.25) is 0 Å². The maximum Gasteiger partial charge on any atom is 0.161 e. The number of nitrogens with zero attached hydrogens (tertiary/aromatic N) is 2. The van der Waals surface area contributed by atoms with Crippen LogP contribution in [0.5, 0.6) is 11.5 Å². The van der Waals surface area contributed by atoms with Crippen molar-refractivity contribution in [2.75, 3.05) is 46.4 Å². The summed E-state index contributed by atoms with van der Waals surface area (Å²) in [7, 11) is 1.66. The highest BCUT2D eigenvalue weighted by Crippen LogP contribution is 2.25. The third kappa shape index (κ3) is 5.37. The monoisotopic (exact) mass is 322 g/mol. The van der Waals surface area contributed by atoms with E-state index in [4.69, 9.17) is 9.47 Å². The number of ether oxygens (including phenoxy) is 2. The van der Waals surface area contributed by atoms with E-state index in [0.717, 1.165) is 50.6 Å². The average Bonchev–Trinajstić information content (AvgIpc) is 2.56. The normalized spacial score (nSPS) is 21.1. The number of methoxy groups -OCH3 is 1. The molecule has 0 aromatic heterocycles. The van der Waals surface area contributed by atoms with Crippen molar-refractivity contribution in [2.45, 2.75) is 32.4 Å². The SMILES string of the molecule is CC[C@@H]1CN(CCOc2ccccc2OC)CCN1C[C@@H](C)O. The van der Waals surface area contributed by atoms with Crippen molar-refractivity contribution in [3.8, 4) is 11.5 Å². The van der Waals surface area contributed by atoms with E-state index in [1.807, 2.05) is 31.2 Å². The Labute approximate surface area is 139 Å². The lowest BCUT2D eigenvalue weighted by Gasteiger charge is -2.41. The van der Waals surface area contributed by atoms with Crippen molar-refractivity contribution in [1.29, 1.82) is 0 Å². The zero-order valence-corrected chi connectivity index (χ0v) is 14.6. The molecule has 1 aromatic rings. The summed E-state index contributed by atoms with van der Waals surface area (Å²) < 4.78 is 11.2. The van der Waals surface area contributed by atoms with Gasteiger partial charge in [0, 0.05) is 38.8 Å². The molecule has 1 N–H and O–H groups in total. The number of rotatable bonds is 8. The molecule has 0 radical (unpaired) electrons. The fourth-order valence-electron chi connectivity index (χ4n) is 3.15. The lowest BCUT2D eigenvalue weighted by molar-refractivity contribution is 0.0321. The van der Waals surface area contributed by atoms with Gasteiger partial charge in [-0.2, -0.15) is 0 Å². The van der Waals surface area contributed by atoms with Crippen LogP contribution in [0.3, 0.4) is 0 Å². The van der Waals surface area contributed by atoms with Gasteiger partial charge >= 0.3 is 0 Å². The maximum atomic E-state index is 9.61. The molecule has 0 unspecified atom stereocenters. The van der Waals surface area contributed by atoms with Crippen molar-refractivity contribution in [1.82, 2.24) is 9.80 Å². The highest BCUT2D eigenvalue weighted by Gasteiger charge is 2.26. The lowest BCUT2D eigenvalue weighted by Crippen LogP contribution is -2.55. The summed E-state index contributed by atoms with van der Waals surface area (Å²) in [5.41, 5.74) is 0. The van der Waals surface area contributed by atoms with Crippen LogP contribution in [0, 0.1) is 0 Å². The predicted molar refractivity (Wildman–Crippen MR) is 92.3 cm³/mol. The number of β-amino-alcohol motifs (C(OH)–C–C–N with tert-alkyl or cyclic N) is 1. The first-order valence-electron chi connectivity index (χ1n) is 8.54. The molecule has 2 rings (SSSR count). The van der Waals surface area contributed by atoms with Crippen molar-refractivity contribution >= 4 is 0 Å². The van der Waals surface area contributed by atoms with Gasteiger partial charge in [-0.1, -0.05) is 19.1 Å². The summed E-state index contributed by atoms with van der Waals surface area (Å²) in [5.74, 6) is 1.58. The number of aliphatic hydroxyl groups excluding tert-OH is 1. The molecule has 0 saturated carbocycles. The Bertz CT molecular complexity index is 467. The molecule has 130 valence electrons. The molecule has 1 heterocycles. The molecule has 23 heavy (non-hydrogen) atoms. The fraction of sp³-hybridized carbons (Fsp3) is 0.667. The van der Waals surface area contributed by atoms with E-state index in [1.165, 1.54) is 0 Å². The first kappa shape index (κ1) is 18.0.